The van der Waals surface area contributed by atoms with Gasteiger partial charge in [0, 0.05) is 6.61 Å². The van der Waals surface area contributed by atoms with E-state index in [2.05, 4.69) is 15.3 Å². The van der Waals surface area contributed by atoms with Crippen LogP contribution in [-0.4, -0.2) is 63.8 Å². The standard InChI is InChI=1S/C11H18N4O5/c1-2-19-8-7(17)5(3-16)20-11(8)15-10(18)6-9(12)14-4-13-6/h4-5,7-8,11,16-17H,2-3,12H2,1H3,(H,13,14)(H,15,18)/t5-,7-,8-,11-/m1/s1. The zero-order chi connectivity index (χ0) is 14.7. The molecule has 9 heteroatoms. The molecule has 1 amide bonds. The van der Waals surface area contributed by atoms with Crippen molar-refractivity contribution in [3.8, 4) is 0 Å². The van der Waals surface area contributed by atoms with Crippen molar-refractivity contribution in [2.24, 2.45) is 0 Å². The van der Waals surface area contributed by atoms with E-state index >= 15 is 0 Å². The highest BCUT2D eigenvalue weighted by molar-refractivity contribution is 5.96. The number of H-pyrrole nitrogens is 1. The number of nitrogen functional groups attached to an aromatic ring is 1. The van der Waals surface area contributed by atoms with Crippen molar-refractivity contribution in [1.82, 2.24) is 15.3 Å². The minimum Gasteiger partial charge on any atom is -0.394 e. The van der Waals surface area contributed by atoms with Gasteiger partial charge < -0.3 is 35.7 Å². The van der Waals surface area contributed by atoms with Crippen molar-refractivity contribution in [3.63, 3.8) is 0 Å². The summed E-state index contributed by atoms with van der Waals surface area (Å²) in [5.74, 6) is -0.465. The number of carbonyl (C=O) groups is 1. The molecule has 1 aromatic rings. The van der Waals surface area contributed by atoms with Gasteiger partial charge in [0.25, 0.3) is 5.91 Å². The van der Waals surface area contributed by atoms with Crippen molar-refractivity contribution >= 4 is 11.7 Å². The van der Waals surface area contributed by atoms with Crippen molar-refractivity contribution in [1.29, 1.82) is 0 Å². The Morgan fingerprint density at radius 1 is 1.70 bits per heavy atom. The van der Waals surface area contributed by atoms with E-state index in [1.54, 1.807) is 6.92 Å². The van der Waals surface area contributed by atoms with Crippen molar-refractivity contribution in [2.45, 2.75) is 31.5 Å². The monoisotopic (exact) mass is 286 g/mol. The third-order valence-corrected chi connectivity index (χ3v) is 3.05. The summed E-state index contributed by atoms with van der Waals surface area (Å²) >= 11 is 0. The Hall–Kier alpha value is -1.68. The molecule has 1 aliphatic rings. The molecule has 1 saturated heterocycles. The zero-order valence-corrected chi connectivity index (χ0v) is 10.9. The number of amides is 1. The summed E-state index contributed by atoms with van der Waals surface area (Å²) in [7, 11) is 0. The molecule has 2 rings (SSSR count). The molecule has 0 aromatic carbocycles. The molecule has 0 saturated carbocycles. The molecule has 0 bridgehead atoms. The summed E-state index contributed by atoms with van der Waals surface area (Å²) < 4.78 is 10.7. The maximum absolute atomic E-state index is 12.0. The van der Waals surface area contributed by atoms with Crippen molar-refractivity contribution < 1.29 is 24.5 Å². The fourth-order valence-electron chi connectivity index (χ4n) is 2.07. The molecule has 1 fully saturated rings. The Kier molecular flexibility index (Phi) is 4.55. The van der Waals surface area contributed by atoms with Crippen LogP contribution in [0.4, 0.5) is 5.82 Å². The number of nitrogens with zero attached hydrogens (tertiary/aromatic N) is 1. The molecule has 112 valence electrons. The number of aliphatic hydroxyl groups excluding tert-OH is 2. The zero-order valence-electron chi connectivity index (χ0n) is 10.9. The average molecular weight is 286 g/mol. The molecule has 2 heterocycles. The third-order valence-electron chi connectivity index (χ3n) is 3.05. The van der Waals surface area contributed by atoms with Crippen LogP contribution in [0.3, 0.4) is 0 Å². The van der Waals surface area contributed by atoms with Gasteiger partial charge in [-0.15, -0.1) is 0 Å². The molecule has 0 unspecified atom stereocenters. The first-order chi connectivity index (χ1) is 9.58. The normalized spacial score (nSPS) is 29.6. The molecule has 1 aromatic heterocycles. The summed E-state index contributed by atoms with van der Waals surface area (Å²) in [6.07, 6.45) is -2.17. The number of anilines is 1. The quantitative estimate of drug-likeness (QED) is 0.430. The lowest BCUT2D eigenvalue weighted by atomic mass is 10.1. The summed E-state index contributed by atoms with van der Waals surface area (Å²) in [4.78, 5) is 18.3. The number of hydrogen-bond donors (Lipinski definition) is 5. The van der Waals surface area contributed by atoms with Crippen LogP contribution in [0.2, 0.25) is 0 Å². The van der Waals surface area contributed by atoms with Crippen LogP contribution in [-0.2, 0) is 9.47 Å². The lowest BCUT2D eigenvalue weighted by Gasteiger charge is -2.20. The molecule has 4 atom stereocenters. The van der Waals surface area contributed by atoms with E-state index in [1.807, 2.05) is 0 Å². The van der Waals surface area contributed by atoms with Crippen LogP contribution in [0.5, 0.6) is 0 Å². The summed E-state index contributed by atoms with van der Waals surface area (Å²) in [6.45, 7) is 1.72. The van der Waals surface area contributed by atoms with Gasteiger partial charge >= 0.3 is 0 Å². The van der Waals surface area contributed by atoms with Crippen molar-refractivity contribution in [2.75, 3.05) is 18.9 Å². The predicted molar refractivity (Wildman–Crippen MR) is 67.6 cm³/mol. The number of nitrogens with one attached hydrogen (secondary N) is 2. The Morgan fingerprint density at radius 3 is 3.00 bits per heavy atom. The molecule has 9 nitrogen and oxygen atoms in total. The average Bonchev–Trinajstić information content (AvgIpc) is 2.97. The number of ether oxygens (including phenoxy) is 2. The second kappa shape index (κ2) is 6.18. The third kappa shape index (κ3) is 2.75. The van der Waals surface area contributed by atoms with E-state index in [1.165, 1.54) is 6.33 Å². The largest absolute Gasteiger partial charge is 0.394 e. The number of hydrogen-bond acceptors (Lipinski definition) is 7. The molecular weight excluding hydrogens is 268 g/mol. The summed E-state index contributed by atoms with van der Waals surface area (Å²) in [5.41, 5.74) is 5.63. The van der Waals surface area contributed by atoms with Gasteiger partial charge in [-0.3, -0.25) is 4.79 Å². The van der Waals surface area contributed by atoms with Crippen LogP contribution < -0.4 is 11.1 Å². The minimum atomic E-state index is -1.02. The maximum Gasteiger partial charge on any atom is 0.273 e. The number of imidazole rings is 1. The number of aliphatic hydroxyl groups is 2. The molecule has 0 radical (unpaired) electrons. The van der Waals surface area contributed by atoms with Crippen molar-refractivity contribution in [3.05, 3.63) is 12.0 Å². The minimum absolute atomic E-state index is 0.0627. The predicted octanol–water partition coefficient (Wildman–Crippen LogP) is -1.80. The Morgan fingerprint density at radius 2 is 2.45 bits per heavy atom. The van der Waals surface area contributed by atoms with E-state index in [9.17, 15) is 9.90 Å². The number of nitrogens with two attached hydrogens (primary N) is 1. The van der Waals surface area contributed by atoms with Gasteiger partial charge in [-0.1, -0.05) is 0 Å². The fraction of sp³-hybridized carbons (Fsp3) is 0.636. The molecule has 1 aliphatic heterocycles. The Labute approximate surface area is 115 Å². The second-order valence-corrected chi connectivity index (χ2v) is 4.32. The van der Waals surface area contributed by atoms with Gasteiger partial charge in [0.2, 0.25) is 0 Å². The molecule has 0 aliphatic carbocycles. The highest BCUT2D eigenvalue weighted by atomic mass is 16.6. The molecule has 20 heavy (non-hydrogen) atoms. The first kappa shape index (κ1) is 14.7. The Balaban J connectivity index is 2.07. The molecular formula is C11H18N4O5. The van der Waals surface area contributed by atoms with E-state index in [4.69, 9.17) is 20.3 Å². The smallest absolute Gasteiger partial charge is 0.273 e. The molecule has 0 spiro atoms. The number of rotatable bonds is 5. The van der Waals surface area contributed by atoms with E-state index in [0.29, 0.717) is 6.61 Å². The fourth-order valence-corrected chi connectivity index (χ4v) is 2.07. The van der Waals surface area contributed by atoms with Gasteiger partial charge in [0.15, 0.2) is 12.0 Å². The van der Waals surface area contributed by atoms with Gasteiger partial charge in [-0.05, 0) is 6.92 Å². The van der Waals surface area contributed by atoms with E-state index in [-0.39, 0.29) is 18.1 Å². The highest BCUT2D eigenvalue weighted by Gasteiger charge is 2.45. The maximum atomic E-state index is 12.0. The summed E-state index contributed by atoms with van der Waals surface area (Å²) in [6, 6.07) is 0. The van der Waals surface area contributed by atoms with Crippen LogP contribution in [0.15, 0.2) is 6.33 Å². The van der Waals surface area contributed by atoms with Gasteiger partial charge in [-0.2, -0.15) is 0 Å². The van der Waals surface area contributed by atoms with Crippen LogP contribution >= 0.6 is 0 Å². The number of aromatic nitrogens is 2. The van der Waals surface area contributed by atoms with E-state index < -0.39 is 30.4 Å². The van der Waals surface area contributed by atoms with Crippen LogP contribution in [0.25, 0.3) is 0 Å². The van der Waals surface area contributed by atoms with Crippen LogP contribution in [0, 0.1) is 0 Å². The first-order valence-electron chi connectivity index (χ1n) is 6.24. The highest BCUT2D eigenvalue weighted by Crippen LogP contribution is 2.22. The summed E-state index contributed by atoms with van der Waals surface area (Å²) in [5, 5.41) is 21.6. The number of carbonyl (C=O) groups excluding carboxylic acids is 1. The van der Waals surface area contributed by atoms with Gasteiger partial charge in [0.1, 0.15) is 24.0 Å². The number of aromatic amines is 1. The van der Waals surface area contributed by atoms with Gasteiger partial charge in [0.05, 0.1) is 12.9 Å². The van der Waals surface area contributed by atoms with E-state index in [0.717, 1.165) is 0 Å². The SMILES string of the molecule is CCO[C@@H]1[C@H](O)[C@@H](CO)O[C@H]1NC(=O)c1[nH]cnc1N. The topological polar surface area (TPSA) is 143 Å². The lowest BCUT2D eigenvalue weighted by molar-refractivity contribution is -0.0431. The van der Waals surface area contributed by atoms with Crippen LogP contribution in [0.1, 0.15) is 17.4 Å². The molecule has 6 N–H and O–H groups in total. The first-order valence-corrected chi connectivity index (χ1v) is 6.24. The second-order valence-electron chi connectivity index (χ2n) is 4.32. The lowest BCUT2D eigenvalue weighted by Crippen LogP contribution is -2.45. The Bertz CT molecular complexity index is 465. The van der Waals surface area contributed by atoms with Gasteiger partial charge in [-0.25, -0.2) is 4.98 Å².